The second kappa shape index (κ2) is 7.63. The van der Waals surface area contributed by atoms with Gasteiger partial charge in [0.05, 0.1) is 23.3 Å². The predicted molar refractivity (Wildman–Crippen MR) is 92.1 cm³/mol. The van der Waals surface area contributed by atoms with Gasteiger partial charge in [-0.1, -0.05) is 23.2 Å². The van der Waals surface area contributed by atoms with Crippen LogP contribution >= 0.6 is 35.0 Å². The molecule has 120 valence electrons. The van der Waals surface area contributed by atoms with E-state index in [1.165, 1.54) is 13.3 Å². The Kier molecular flexibility index (Phi) is 5.81. The van der Waals surface area contributed by atoms with Gasteiger partial charge in [-0.25, -0.2) is 4.79 Å². The van der Waals surface area contributed by atoms with Crippen LogP contribution in [0, 0.1) is 6.92 Å². The standard InChI is InChI=1S/C14H11Cl2N3O3S/c1-7-3-8(10(16)4-9(7)15)6-17-19-14-18-13(21)11(23-14)5-12(20)22-2/h3-6H,1-2H3,(H,18,19,21)/b11-5+,17-6?. The van der Waals surface area contributed by atoms with Gasteiger partial charge < -0.3 is 4.74 Å². The lowest BCUT2D eigenvalue weighted by molar-refractivity contribution is -0.135. The number of ether oxygens (including phenoxy) is 1. The number of hydrogen-bond acceptors (Lipinski definition) is 6. The lowest BCUT2D eigenvalue weighted by Gasteiger charge is -2.01. The predicted octanol–water partition coefficient (Wildman–Crippen LogP) is 2.91. The molecule has 0 bridgehead atoms. The van der Waals surface area contributed by atoms with E-state index in [0.29, 0.717) is 15.6 Å². The smallest absolute Gasteiger partial charge is 0.331 e. The van der Waals surface area contributed by atoms with E-state index in [9.17, 15) is 9.59 Å². The molecule has 6 nitrogen and oxygen atoms in total. The Morgan fingerprint density at radius 3 is 2.78 bits per heavy atom. The second-order valence-corrected chi connectivity index (χ2v) is 6.21. The van der Waals surface area contributed by atoms with Crippen molar-refractivity contribution in [2.24, 2.45) is 10.2 Å². The summed E-state index contributed by atoms with van der Waals surface area (Å²) in [6.07, 6.45) is 2.54. The van der Waals surface area contributed by atoms with Gasteiger partial charge in [0.2, 0.25) is 0 Å². The fourth-order valence-electron chi connectivity index (χ4n) is 1.56. The van der Waals surface area contributed by atoms with Crippen LogP contribution < -0.4 is 5.32 Å². The topological polar surface area (TPSA) is 80.1 Å². The minimum atomic E-state index is -0.615. The van der Waals surface area contributed by atoms with E-state index in [2.05, 4.69) is 20.3 Å². The van der Waals surface area contributed by atoms with E-state index in [0.717, 1.165) is 23.4 Å². The minimum Gasteiger partial charge on any atom is -0.466 e. The van der Waals surface area contributed by atoms with Gasteiger partial charge in [-0.3, -0.25) is 10.1 Å². The molecular formula is C14H11Cl2N3O3S. The Morgan fingerprint density at radius 1 is 1.35 bits per heavy atom. The van der Waals surface area contributed by atoms with E-state index in [4.69, 9.17) is 23.2 Å². The Balaban J connectivity index is 2.13. The van der Waals surface area contributed by atoms with E-state index in [1.807, 2.05) is 6.92 Å². The first-order chi connectivity index (χ1) is 10.9. The maximum absolute atomic E-state index is 11.6. The van der Waals surface area contributed by atoms with E-state index in [-0.39, 0.29) is 10.1 Å². The largest absolute Gasteiger partial charge is 0.466 e. The number of halogens is 2. The number of methoxy groups -OCH3 is 1. The lowest BCUT2D eigenvalue weighted by atomic mass is 10.1. The van der Waals surface area contributed by atoms with Crippen LogP contribution in [0.25, 0.3) is 0 Å². The first-order valence-corrected chi connectivity index (χ1v) is 7.83. The van der Waals surface area contributed by atoms with Crippen LogP contribution in [0.4, 0.5) is 0 Å². The number of aryl methyl sites for hydroxylation is 1. The zero-order valence-corrected chi connectivity index (χ0v) is 14.4. The molecule has 1 heterocycles. The molecule has 1 N–H and O–H groups in total. The second-order valence-electron chi connectivity index (χ2n) is 4.36. The Hall–Kier alpha value is -1.83. The number of esters is 1. The molecule has 1 aliphatic rings. The number of nitrogens with zero attached hydrogens (tertiary/aromatic N) is 2. The maximum Gasteiger partial charge on any atom is 0.331 e. The van der Waals surface area contributed by atoms with E-state index >= 15 is 0 Å². The number of amidine groups is 1. The van der Waals surface area contributed by atoms with Crippen LogP contribution in [0.2, 0.25) is 10.0 Å². The average molecular weight is 372 g/mol. The Bertz CT molecular complexity index is 760. The fourth-order valence-corrected chi connectivity index (χ4v) is 2.73. The zero-order valence-electron chi connectivity index (χ0n) is 12.1. The first kappa shape index (κ1) is 17.5. The number of carbonyl (C=O) groups is 2. The van der Waals surface area contributed by atoms with Crippen LogP contribution in [0.15, 0.2) is 33.3 Å². The van der Waals surface area contributed by atoms with Crippen LogP contribution in [0.1, 0.15) is 11.1 Å². The minimum absolute atomic E-state index is 0.186. The summed E-state index contributed by atoms with van der Waals surface area (Å²) in [5.41, 5.74) is 1.51. The number of nitrogens with one attached hydrogen (secondary N) is 1. The van der Waals surface area contributed by atoms with Gasteiger partial charge in [-0.2, -0.15) is 5.10 Å². The highest BCUT2D eigenvalue weighted by Gasteiger charge is 2.24. The van der Waals surface area contributed by atoms with Crippen molar-refractivity contribution in [2.75, 3.05) is 7.11 Å². The molecule has 2 rings (SSSR count). The van der Waals surface area contributed by atoms with Crippen molar-refractivity contribution in [1.82, 2.24) is 5.32 Å². The average Bonchev–Trinajstić information content (AvgIpc) is 2.84. The van der Waals surface area contributed by atoms with E-state index < -0.39 is 11.9 Å². The molecule has 0 radical (unpaired) electrons. The lowest BCUT2D eigenvalue weighted by Crippen LogP contribution is -2.19. The summed E-state index contributed by atoms with van der Waals surface area (Å²) in [4.78, 5) is 22.9. The van der Waals surface area contributed by atoms with Crippen molar-refractivity contribution in [1.29, 1.82) is 0 Å². The summed E-state index contributed by atoms with van der Waals surface area (Å²) < 4.78 is 4.47. The molecule has 0 aliphatic carbocycles. The van der Waals surface area contributed by atoms with Crippen molar-refractivity contribution in [3.63, 3.8) is 0 Å². The van der Waals surface area contributed by atoms with Crippen molar-refractivity contribution >= 4 is 58.2 Å². The third-order valence-corrected chi connectivity index (χ3v) is 4.36. The van der Waals surface area contributed by atoms with E-state index in [1.54, 1.807) is 12.1 Å². The SMILES string of the molecule is COC(=O)/C=C1/S/C(=N\N=Cc2cc(C)c(Cl)cc2Cl)NC1=O. The normalized spacial score (nSPS) is 18.0. The molecule has 1 aliphatic heterocycles. The molecule has 0 aromatic heterocycles. The molecule has 0 saturated carbocycles. The van der Waals surface area contributed by atoms with Gasteiger partial charge >= 0.3 is 5.97 Å². The van der Waals surface area contributed by atoms with Gasteiger partial charge in [0.15, 0.2) is 5.17 Å². The quantitative estimate of drug-likeness (QED) is 0.383. The van der Waals surface area contributed by atoms with Crippen molar-refractivity contribution in [2.45, 2.75) is 6.92 Å². The number of thioether (sulfide) groups is 1. The molecule has 1 aromatic rings. The van der Waals surface area contributed by atoms with Gasteiger partial charge in [0.25, 0.3) is 5.91 Å². The van der Waals surface area contributed by atoms with Gasteiger partial charge in [0.1, 0.15) is 0 Å². The van der Waals surface area contributed by atoms with Crippen molar-refractivity contribution in [3.05, 3.63) is 44.3 Å². The molecule has 1 aromatic carbocycles. The molecule has 23 heavy (non-hydrogen) atoms. The number of benzene rings is 1. The summed E-state index contributed by atoms with van der Waals surface area (Å²) in [6.45, 7) is 1.85. The van der Waals surface area contributed by atoms with Crippen LogP contribution in [-0.4, -0.2) is 30.4 Å². The fraction of sp³-hybridized carbons (Fsp3) is 0.143. The summed E-state index contributed by atoms with van der Waals surface area (Å²) in [5, 5.41) is 11.5. The summed E-state index contributed by atoms with van der Waals surface area (Å²) in [5.74, 6) is -1.05. The van der Waals surface area contributed by atoms with Crippen molar-refractivity contribution < 1.29 is 14.3 Å². The van der Waals surface area contributed by atoms with Crippen LogP contribution in [0.5, 0.6) is 0 Å². The molecule has 0 unspecified atom stereocenters. The molecule has 1 fully saturated rings. The molecular weight excluding hydrogens is 361 g/mol. The molecule has 1 amide bonds. The van der Waals surface area contributed by atoms with Gasteiger partial charge in [-0.15, -0.1) is 5.10 Å². The highest BCUT2D eigenvalue weighted by molar-refractivity contribution is 8.18. The Labute approximate surface area is 146 Å². The summed E-state index contributed by atoms with van der Waals surface area (Å²) >= 11 is 13.0. The Morgan fingerprint density at radius 2 is 2.09 bits per heavy atom. The molecule has 0 atom stereocenters. The summed E-state index contributed by atoms with van der Waals surface area (Å²) in [7, 11) is 1.23. The monoisotopic (exact) mass is 371 g/mol. The number of amides is 1. The molecule has 9 heteroatoms. The molecule has 0 spiro atoms. The van der Waals surface area contributed by atoms with Crippen LogP contribution in [0.3, 0.4) is 0 Å². The zero-order chi connectivity index (χ0) is 17.0. The number of rotatable bonds is 3. The molecule has 1 saturated heterocycles. The highest BCUT2D eigenvalue weighted by atomic mass is 35.5. The maximum atomic E-state index is 11.6. The highest BCUT2D eigenvalue weighted by Crippen LogP contribution is 2.25. The van der Waals surface area contributed by atoms with Gasteiger partial charge in [0, 0.05) is 16.7 Å². The van der Waals surface area contributed by atoms with Crippen molar-refractivity contribution in [3.8, 4) is 0 Å². The van der Waals surface area contributed by atoms with Crippen LogP contribution in [-0.2, 0) is 14.3 Å². The first-order valence-electron chi connectivity index (χ1n) is 6.26. The third-order valence-electron chi connectivity index (χ3n) is 2.72. The van der Waals surface area contributed by atoms with Gasteiger partial charge in [-0.05, 0) is 36.4 Å². The number of carbonyl (C=O) groups excluding carboxylic acids is 2. The number of hydrogen-bond donors (Lipinski definition) is 1. The third kappa shape index (κ3) is 4.57. The summed E-state index contributed by atoms with van der Waals surface area (Å²) in [6, 6.07) is 3.40.